The van der Waals surface area contributed by atoms with Crippen molar-refractivity contribution in [3.63, 3.8) is 0 Å². The molecule has 0 unspecified atom stereocenters. The number of nitrogens with one attached hydrogen (secondary N) is 2. The first kappa shape index (κ1) is 25.0. The number of hydrogen-bond donors (Lipinski definition) is 2. The highest BCUT2D eigenvalue weighted by Gasteiger charge is 2.41. The number of hydrogen-bond acceptors (Lipinski definition) is 4. The third kappa shape index (κ3) is 5.53. The summed E-state index contributed by atoms with van der Waals surface area (Å²) in [5.74, 6) is 1.41. The van der Waals surface area contributed by atoms with E-state index in [9.17, 15) is 4.79 Å². The first-order valence-electron chi connectivity index (χ1n) is 12.2. The van der Waals surface area contributed by atoms with Gasteiger partial charge >= 0.3 is 0 Å². The molecule has 5 rings (SSSR count). The third-order valence-electron chi connectivity index (χ3n) is 6.50. The first-order valence-corrected chi connectivity index (χ1v) is 13.0. The van der Waals surface area contributed by atoms with Crippen molar-refractivity contribution < 1.29 is 9.21 Å². The molecule has 0 spiro atoms. The standard InChI is InChI=1S/C29H27ClN4O2S/c1-2-19-7-3-4-8-22(19)32-26(35)16-18-34-28(27(33-29(34)37)23-9-5-6-17-31-23)25-15-14-24(36-25)20-10-12-21(30)13-11-20/h3-15,17,27-28H,2,16,18H2,1H3,(H,32,35)(H,33,37)/t27-,28-/m0/s1. The number of aromatic nitrogens is 1. The lowest BCUT2D eigenvalue weighted by molar-refractivity contribution is -0.116. The largest absolute Gasteiger partial charge is 0.459 e. The Labute approximate surface area is 226 Å². The summed E-state index contributed by atoms with van der Waals surface area (Å²) < 4.78 is 6.34. The van der Waals surface area contributed by atoms with Crippen LogP contribution in [0.15, 0.2) is 89.5 Å². The highest BCUT2D eigenvalue weighted by Crippen LogP contribution is 2.40. The summed E-state index contributed by atoms with van der Waals surface area (Å²) in [5.41, 5.74) is 3.73. The fraction of sp³-hybridized carbons (Fsp3) is 0.207. The lowest BCUT2D eigenvalue weighted by atomic mass is 10.0. The topological polar surface area (TPSA) is 70.4 Å². The molecule has 0 radical (unpaired) electrons. The summed E-state index contributed by atoms with van der Waals surface area (Å²) in [6, 6.07) is 24.6. The minimum atomic E-state index is -0.265. The molecule has 2 aromatic carbocycles. The molecule has 1 amide bonds. The van der Waals surface area contributed by atoms with Crippen molar-refractivity contribution in [3.8, 4) is 11.3 Å². The number of thiocarbonyl (C=S) groups is 1. The SMILES string of the molecule is CCc1ccccc1NC(=O)CCN1C(=S)N[C@@H](c2ccccn2)[C@@H]1c1ccc(-c2ccc(Cl)cc2)o1. The number of halogens is 1. The minimum Gasteiger partial charge on any atom is -0.459 e. The number of carbonyl (C=O) groups excluding carboxylic acids is 1. The van der Waals surface area contributed by atoms with E-state index in [-0.39, 0.29) is 24.4 Å². The second-order valence-electron chi connectivity index (χ2n) is 8.84. The summed E-state index contributed by atoms with van der Waals surface area (Å²) in [5, 5.41) is 7.69. The van der Waals surface area contributed by atoms with E-state index < -0.39 is 0 Å². The zero-order valence-corrected chi connectivity index (χ0v) is 21.9. The molecule has 1 saturated heterocycles. The molecule has 0 bridgehead atoms. The van der Waals surface area contributed by atoms with Gasteiger partial charge in [0.1, 0.15) is 17.6 Å². The van der Waals surface area contributed by atoms with E-state index >= 15 is 0 Å². The molecule has 1 fully saturated rings. The maximum Gasteiger partial charge on any atom is 0.226 e. The summed E-state index contributed by atoms with van der Waals surface area (Å²) in [6.45, 7) is 2.50. The Kier molecular flexibility index (Phi) is 7.53. The number of nitrogens with zero attached hydrogens (tertiary/aromatic N) is 2. The van der Waals surface area contributed by atoms with Crippen molar-refractivity contribution in [1.29, 1.82) is 0 Å². The van der Waals surface area contributed by atoms with E-state index in [1.165, 1.54) is 0 Å². The van der Waals surface area contributed by atoms with E-state index in [1.54, 1.807) is 6.20 Å². The predicted molar refractivity (Wildman–Crippen MR) is 150 cm³/mol. The van der Waals surface area contributed by atoms with Crippen molar-refractivity contribution in [2.75, 3.05) is 11.9 Å². The van der Waals surface area contributed by atoms with Crippen molar-refractivity contribution in [1.82, 2.24) is 15.2 Å². The van der Waals surface area contributed by atoms with E-state index in [1.807, 2.05) is 83.8 Å². The van der Waals surface area contributed by atoms with E-state index in [4.69, 9.17) is 28.2 Å². The lowest BCUT2D eigenvalue weighted by Crippen LogP contribution is -2.32. The second kappa shape index (κ2) is 11.2. The highest BCUT2D eigenvalue weighted by atomic mass is 35.5. The molecule has 3 heterocycles. The highest BCUT2D eigenvalue weighted by molar-refractivity contribution is 7.80. The van der Waals surface area contributed by atoms with E-state index in [2.05, 4.69) is 22.5 Å². The summed E-state index contributed by atoms with van der Waals surface area (Å²) >= 11 is 11.8. The monoisotopic (exact) mass is 530 g/mol. The van der Waals surface area contributed by atoms with Gasteiger partial charge in [-0.05, 0) is 78.8 Å². The number of carbonyl (C=O) groups is 1. The zero-order valence-electron chi connectivity index (χ0n) is 20.4. The van der Waals surface area contributed by atoms with Gasteiger partial charge in [-0.1, -0.05) is 42.8 Å². The van der Waals surface area contributed by atoms with Gasteiger partial charge < -0.3 is 20.0 Å². The molecule has 2 aromatic heterocycles. The Hall–Kier alpha value is -3.68. The molecule has 1 aliphatic heterocycles. The van der Waals surface area contributed by atoms with E-state index in [0.29, 0.717) is 16.7 Å². The summed E-state index contributed by atoms with van der Waals surface area (Å²) in [4.78, 5) is 19.5. The molecule has 188 valence electrons. The molecule has 1 aliphatic rings. The number of benzene rings is 2. The van der Waals surface area contributed by atoms with Crippen LogP contribution in [0.25, 0.3) is 11.3 Å². The van der Waals surface area contributed by atoms with Crippen molar-refractivity contribution in [3.05, 3.63) is 107 Å². The molecular formula is C29H27ClN4O2S. The van der Waals surface area contributed by atoms with Crippen LogP contribution in [-0.4, -0.2) is 27.4 Å². The third-order valence-corrected chi connectivity index (χ3v) is 7.10. The lowest BCUT2D eigenvalue weighted by Gasteiger charge is -2.26. The molecule has 8 heteroatoms. The molecule has 0 saturated carbocycles. The predicted octanol–water partition coefficient (Wildman–Crippen LogP) is 6.56. The number of pyridine rings is 1. The minimum absolute atomic E-state index is 0.0648. The van der Waals surface area contributed by atoms with Crippen LogP contribution < -0.4 is 10.6 Å². The number of rotatable bonds is 8. The number of aryl methyl sites for hydroxylation is 1. The molecule has 4 aromatic rings. The van der Waals surface area contributed by atoms with Gasteiger partial charge in [-0.15, -0.1) is 0 Å². The van der Waals surface area contributed by atoms with Gasteiger partial charge in [0, 0.05) is 35.4 Å². The maximum absolute atomic E-state index is 12.9. The van der Waals surface area contributed by atoms with Gasteiger partial charge in [-0.3, -0.25) is 9.78 Å². The van der Waals surface area contributed by atoms with Crippen LogP contribution >= 0.6 is 23.8 Å². The number of anilines is 1. The van der Waals surface area contributed by atoms with Gasteiger partial charge in [0.05, 0.1) is 11.7 Å². The Bertz CT molecular complexity index is 1390. The maximum atomic E-state index is 12.9. The van der Waals surface area contributed by atoms with Crippen LogP contribution in [0.5, 0.6) is 0 Å². The normalized spacial score (nSPS) is 17.0. The smallest absolute Gasteiger partial charge is 0.226 e. The molecule has 2 atom stereocenters. The van der Waals surface area contributed by atoms with Crippen LogP contribution in [0.3, 0.4) is 0 Å². The average molecular weight is 531 g/mol. The molecular weight excluding hydrogens is 504 g/mol. The second-order valence-corrected chi connectivity index (χ2v) is 9.66. The Balaban J connectivity index is 1.39. The summed E-state index contributed by atoms with van der Waals surface area (Å²) in [6.07, 6.45) is 2.88. The van der Waals surface area contributed by atoms with Gasteiger partial charge in [-0.25, -0.2) is 0 Å². The van der Waals surface area contributed by atoms with Crippen LogP contribution in [0, 0.1) is 0 Å². The zero-order chi connectivity index (χ0) is 25.8. The molecule has 2 N–H and O–H groups in total. The van der Waals surface area contributed by atoms with Gasteiger partial charge in [0.25, 0.3) is 0 Å². The van der Waals surface area contributed by atoms with Crippen LogP contribution in [0.1, 0.15) is 42.4 Å². The fourth-order valence-electron chi connectivity index (χ4n) is 4.62. The molecule has 37 heavy (non-hydrogen) atoms. The number of para-hydroxylation sites is 1. The van der Waals surface area contributed by atoms with Gasteiger partial charge in [0.15, 0.2) is 5.11 Å². The number of furan rings is 1. The first-order chi connectivity index (χ1) is 18.0. The Morgan fingerprint density at radius 2 is 1.86 bits per heavy atom. The Morgan fingerprint density at radius 3 is 2.62 bits per heavy atom. The van der Waals surface area contributed by atoms with Crippen LogP contribution in [-0.2, 0) is 11.2 Å². The van der Waals surface area contributed by atoms with Crippen molar-refractivity contribution >= 4 is 40.5 Å². The fourth-order valence-corrected chi connectivity index (χ4v) is 5.08. The van der Waals surface area contributed by atoms with Gasteiger partial charge in [-0.2, -0.15) is 0 Å². The average Bonchev–Trinajstić information content (AvgIpc) is 3.53. The number of amides is 1. The summed E-state index contributed by atoms with van der Waals surface area (Å²) in [7, 11) is 0. The molecule has 0 aliphatic carbocycles. The van der Waals surface area contributed by atoms with E-state index in [0.717, 1.165) is 40.4 Å². The van der Waals surface area contributed by atoms with Crippen LogP contribution in [0.2, 0.25) is 5.02 Å². The Morgan fingerprint density at radius 1 is 1.08 bits per heavy atom. The van der Waals surface area contributed by atoms with Crippen LogP contribution in [0.4, 0.5) is 5.69 Å². The quantitative estimate of drug-likeness (QED) is 0.251. The van der Waals surface area contributed by atoms with Crippen molar-refractivity contribution in [2.24, 2.45) is 0 Å². The molecule has 6 nitrogen and oxygen atoms in total. The van der Waals surface area contributed by atoms with Gasteiger partial charge in [0.2, 0.25) is 5.91 Å². The van der Waals surface area contributed by atoms with Crippen molar-refractivity contribution in [2.45, 2.75) is 31.8 Å².